The van der Waals surface area contributed by atoms with Gasteiger partial charge in [-0.15, -0.1) is 0 Å². The molecule has 0 spiro atoms. The molecule has 1 amide bonds. The first kappa shape index (κ1) is 19.5. The van der Waals surface area contributed by atoms with Crippen LogP contribution in [0.1, 0.15) is 19.4 Å². The Bertz CT molecular complexity index is 654. The van der Waals surface area contributed by atoms with Gasteiger partial charge in [0, 0.05) is 17.7 Å². The second kappa shape index (κ2) is 7.86. The second-order valence-corrected chi connectivity index (χ2v) is 5.22. The molecule has 6 nitrogen and oxygen atoms in total. The number of hydrogen-bond acceptors (Lipinski definition) is 5. The molecule has 1 fully saturated rings. The minimum Gasteiger partial charge on any atom is -0.871 e. The number of ketones is 1. The molecule has 0 unspecified atom stereocenters. The number of carbonyl (C=O) groups excluding carboxylic acids is 2. The maximum atomic E-state index is 12.6. The molecule has 2 rings (SSSR count). The van der Waals surface area contributed by atoms with Crippen molar-refractivity contribution in [2.24, 2.45) is 0 Å². The number of methoxy groups -OCH3 is 2. The van der Waals surface area contributed by atoms with Crippen LogP contribution >= 0.6 is 0 Å². The summed E-state index contributed by atoms with van der Waals surface area (Å²) in [7, 11) is 2.91. The molecule has 23 heavy (non-hydrogen) atoms. The van der Waals surface area contributed by atoms with Crippen molar-refractivity contribution in [1.82, 2.24) is 4.90 Å². The Morgan fingerprint density at radius 1 is 1.22 bits per heavy atom. The summed E-state index contributed by atoms with van der Waals surface area (Å²) in [6.45, 7) is 3.54. The molecule has 1 heterocycles. The first-order chi connectivity index (χ1) is 10.4. The van der Waals surface area contributed by atoms with Gasteiger partial charge in [-0.2, -0.15) is 0 Å². The monoisotopic (exact) mass is 327 g/mol. The Hall–Kier alpha value is -1.50. The number of ether oxygens (including phenoxy) is 2. The SMILES string of the molecule is COc1ccc(/C([O-])=C2\C(=O)CN(C(C)C)C2=O)c(OC)c1.[Na+]. The van der Waals surface area contributed by atoms with Crippen molar-refractivity contribution in [3.63, 3.8) is 0 Å². The predicted molar refractivity (Wildman–Crippen MR) is 78.3 cm³/mol. The molecule has 0 radical (unpaired) electrons. The fourth-order valence-electron chi connectivity index (χ4n) is 2.33. The van der Waals surface area contributed by atoms with Crippen LogP contribution in [-0.4, -0.2) is 43.4 Å². The summed E-state index contributed by atoms with van der Waals surface area (Å²) in [6, 6.07) is 4.48. The Kier molecular flexibility index (Phi) is 6.68. The average molecular weight is 327 g/mol. The van der Waals surface area contributed by atoms with Crippen molar-refractivity contribution in [3.8, 4) is 11.5 Å². The molecule has 0 aliphatic carbocycles. The van der Waals surface area contributed by atoms with Gasteiger partial charge in [0.1, 0.15) is 11.5 Å². The van der Waals surface area contributed by atoms with Crippen molar-refractivity contribution in [3.05, 3.63) is 29.3 Å². The minimum absolute atomic E-state index is 0. The van der Waals surface area contributed by atoms with Gasteiger partial charge in [0.05, 0.1) is 26.3 Å². The fourth-order valence-corrected chi connectivity index (χ4v) is 2.33. The third-order valence-corrected chi connectivity index (χ3v) is 3.57. The number of nitrogens with zero attached hydrogens (tertiary/aromatic N) is 1. The van der Waals surface area contributed by atoms with E-state index in [1.54, 1.807) is 19.9 Å². The molecule has 0 atom stereocenters. The molecule has 0 N–H and O–H groups in total. The van der Waals surface area contributed by atoms with E-state index < -0.39 is 17.4 Å². The van der Waals surface area contributed by atoms with Gasteiger partial charge in [0.15, 0.2) is 5.78 Å². The standard InChI is InChI=1S/C16H19NO5.Na/c1-9(2)17-8-12(18)14(16(17)20)15(19)11-6-5-10(21-3)7-13(11)22-4;/h5-7,9,19H,8H2,1-4H3;/q;+1/p-1/b15-14-;. The minimum atomic E-state index is -0.613. The fraction of sp³-hybridized carbons (Fsp3) is 0.375. The van der Waals surface area contributed by atoms with E-state index in [0.29, 0.717) is 5.75 Å². The van der Waals surface area contributed by atoms with Crippen LogP contribution in [0.5, 0.6) is 11.5 Å². The summed E-state index contributed by atoms with van der Waals surface area (Å²) < 4.78 is 10.2. The molecule has 0 bridgehead atoms. The number of likely N-dealkylation sites (tertiary alicyclic amines) is 1. The van der Waals surface area contributed by atoms with Crippen LogP contribution in [-0.2, 0) is 9.59 Å². The molecule has 1 aliphatic heterocycles. The van der Waals surface area contributed by atoms with E-state index in [1.165, 1.54) is 31.3 Å². The quantitative estimate of drug-likeness (QED) is 0.267. The number of Topliss-reactive ketones (excluding diaryl/α,β-unsaturated/α-hetero) is 1. The van der Waals surface area contributed by atoms with E-state index in [-0.39, 0.29) is 59.0 Å². The summed E-state index contributed by atoms with van der Waals surface area (Å²) in [6.07, 6.45) is 0. The van der Waals surface area contributed by atoms with E-state index in [0.717, 1.165) is 0 Å². The molecular weight excluding hydrogens is 309 g/mol. The summed E-state index contributed by atoms with van der Waals surface area (Å²) in [4.78, 5) is 25.7. The van der Waals surface area contributed by atoms with Gasteiger partial charge in [-0.3, -0.25) is 9.59 Å². The van der Waals surface area contributed by atoms with Crippen LogP contribution in [0.2, 0.25) is 0 Å². The molecule has 0 aromatic heterocycles. The van der Waals surface area contributed by atoms with E-state index in [9.17, 15) is 14.7 Å². The molecule has 0 saturated carbocycles. The zero-order chi connectivity index (χ0) is 16.4. The molecule has 1 aromatic carbocycles. The van der Waals surface area contributed by atoms with E-state index in [1.807, 2.05) is 0 Å². The van der Waals surface area contributed by atoms with Gasteiger partial charge in [0.25, 0.3) is 5.91 Å². The number of hydrogen-bond donors (Lipinski definition) is 0. The first-order valence-corrected chi connectivity index (χ1v) is 6.88. The van der Waals surface area contributed by atoms with Gasteiger partial charge in [-0.25, -0.2) is 0 Å². The maximum absolute atomic E-state index is 12.6. The third kappa shape index (κ3) is 3.71. The second-order valence-electron chi connectivity index (χ2n) is 5.22. The smallest absolute Gasteiger partial charge is 0.871 e. The molecular formula is C16H18NNaO5. The molecule has 7 heteroatoms. The molecule has 118 valence electrons. The van der Waals surface area contributed by atoms with Crippen molar-refractivity contribution in [1.29, 1.82) is 0 Å². The van der Waals surface area contributed by atoms with E-state index in [4.69, 9.17) is 9.47 Å². The normalized spacial score (nSPS) is 16.5. The number of rotatable bonds is 4. The van der Waals surface area contributed by atoms with Crippen molar-refractivity contribution >= 4 is 17.4 Å². The largest absolute Gasteiger partial charge is 1.00 e. The zero-order valence-corrected chi connectivity index (χ0v) is 16.0. The van der Waals surface area contributed by atoms with Crippen LogP contribution in [0.15, 0.2) is 23.8 Å². The third-order valence-electron chi connectivity index (χ3n) is 3.57. The number of carbonyl (C=O) groups is 2. The van der Waals surface area contributed by atoms with Gasteiger partial charge < -0.3 is 19.5 Å². The number of amides is 1. The first-order valence-electron chi connectivity index (χ1n) is 6.88. The van der Waals surface area contributed by atoms with Crippen molar-refractivity contribution < 1.29 is 53.7 Å². The van der Waals surface area contributed by atoms with Gasteiger partial charge in [0.2, 0.25) is 0 Å². The maximum Gasteiger partial charge on any atom is 1.00 e. The van der Waals surface area contributed by atoms with E-state index in [2.05, 4.69) is 0 Å². The van der Waals surface area contributed by atoms with Gasteiger partial charge >= 0.3 is 29.6 Å². The predicted octanol–water partition coefficient (Wildman–Crippen LogP) is -2.40. The Morgan fingerprint density at radius 3 is 2.35 bits per heavy atom. The summed E-state index contributed by atoms with van der Waals surface area (Å²) in [5, 5.41) is 12.6. The Labute approximate surface area is 157 Å². The van der Waals surface area contributed by atoms with Crippen LogP contribution in [0.3, 0.4) is 0 Å². The van der Waals surface area contributed by atoms with Gasteiger partial charge in [-0.1, -0.05) is 5.76 Å². The summed E-state index contributed by atoms with van der Waals surface area (Å²) >= 11 is 0. The van der Waals surface area contributed by atoms with Crippen LogP contribution in [0.4, 0.5) is 0 Å². The van der Waals surface area contributed by atoms with Crippen LogP contribution in [0.25, 0.3) is 5.76 Å². The van der Waals surface area contributed by atoms with Crippen LogP contribution < -0.4 is 44.1 Å². The summed E-state index contributed by atoms with van der Waals surface area (Å²) in [5.41, 5.74) is -0.136. The average Bonchev–Trinajstić information content (AvgIpc) is 2.81. The van der Waals surface area contributed by atoms with Crippen molar-refractivity contribution in [2.75, 3.05) is 20.8 Å². The molecule has 1 aliphatic rings. The summed E-state index contributed by atoms with van der Waals surface area (Å²) in [5.74, 6) is -0.811. The number of benzene rings is 1. The Balaban J connectivity index is 0.00000264. The molecule has 1 aromatic rings. The van der Waals surface area contributed by atoms with Crippen molar-refractivity contribution in [2.45, 2.75) is 19.9 Å². The molecule has 1 saturated heterocycles. The Morgan fingerprint density at radius 2 is 1.87 bits per heavy atom. The topological polar surface area (TPSA) is 78.9 Å². The van der Waals surface area contributed by atoms with Gasteiger partial charge in [-0.05, 0) is 26.0 Å². The zero-order valence-electron chi connectivity index (χ0n) is 14.0. The van der Waals surface area contributed by atoms with E-state index >= 15 is 0 Å². The van der Waals surface area contributed by atoms with Crippen LogP contribution in [0, 0.1) is 0 Å².